The SMILES string of the molecule is c1ccc(-n2cc(CN3CCC[C@H]3c3cccnc3)nn2)cc1. The first-order valence-corrected chi connectivity index (χ1v) is 8.01. The van der Waals surface area contributed by atoms with Crippen LogP contribution in [0.3, 0.4) is 0 Å². The number of nitrogens with zero attached hydrogens (tertiary/aromatic N) is 5. The Hall–Kier alpha value is -2.53. The van der Waals surface area contributed by atoms with Gasteiger partial charge in [-0.15, -0.1) is 5.10 Å². The van der Waals surface area contributed by atoms with Gasteiger partial charge in [0, 0.05) is 25.0 Å². The lowest BCUT2D eigenvalue weighted by atomic mass is 10.1. The van der Waals surface area contributed by atoms with Crippen molar-refractivity contribution in [3.63, 3.8) is 0 Å². The molecule has 0 aliphatic carbocycles. The van der Waals surface area contributed by atoms with Crippen molar-refractivity contribution >= 4 is 0 Å². The topological polar surface area (TPSA) is 46.8 Å². The monoisotopic (exact) mass is 305 g/mol. The number of hydrogen-bond donors (Lipinski definition) is 0. The molecule has 23 heavy (non-hydrogen) atoms. The van der Waals surface area contributed by atoms with E-state index in [0.717, 1.165) is 24.5 Å². The van der Waals surface area contributed by atoms with Gasteiger partial charge < -0.3 is 0 Å². The third-order valence-electron chi connectivity index (χ3n) is 4.36. The molecule has 0 spiro atoms. The first kappa shape index (κ1) is 14.1. The summed E-state index contributed by atoms with van der Waals surface area (Å²) in [5.74, 6) is 0. The summed E-state index contributed by atoms with van der Waals surface area (Å²) < 4.78 is 1.84. The van der Waals surface area contributed by atoms with Crippen molar-refractivity contribution in [2.24, 2.45) is 0 Å². The molecule has 0 saturated carbocycles. The highest BCUT2D eigenvalue weighted by molar-refractivity contribution is 5.30. The molecule has 116 valence electrons. The summed E-state index contributed by atoms with van der Waals surface area (Å²) in [6.07, 6.45) is 8.22. The molecule has 2 aromatic heterocycles. The molecular formula is C18H19N5. The molecule has 1 saturated heterocycles. The van der Waals surface area contributed by atoms with E-state index in [1.807, 2.05) is 59.7 Å². The summed E-state index contributed by atoms with van der Waals surface area (Å²) in [6, 6.07) is 14.7. The normalized spacial score (nSPS) is 18.3. The maximum Gasteiger partial charge on any atom is 0.0972 e. The van der Waals surface area contributed by atoms with Crippen LogP contribution < -0.4 is 0 Å². The van der Waals surface area contributed by atoms with E-state index in [1.54, 1.807) is 0 Å². The lowest BCUT2D eigenvalue weighted by Crippen LogP contribution is -2.23. The van der Waals surface area contributed by atoms with Crippen molar-refractivity contribution in [2.45, 2.75) is 25.4 Å². The van der Waals surface area contributed by atoms with E-state index < -0.39 is 0 Å². The van der Waals surface area contributed by atoms with E-state index in [9.17, 15) is 0 Å². The first-order valence-electron chi connectivity index (χ1n) is 8.01. The smallest absolute Gasteiger partial charge is 0.0972 e. The minimum Gasteiger partial charge on any atom is -0.290 e. The van der Waals surface area contributed by atoms with E-state index in [0.29, 0.717) is 6.04 Å². The van der Waals surface area contributed by atoms with Crippen LogP contribution in [0.5, 0.6) is 0 Å². The van der Waals surface area contributed by atoms with E-state index in [-0.39, 0.29) is 0 Å². The maximum atomic E-state index is 4.34. The summed E-state index contributed by atoms with van der Waals surface area (Å²) in [4.78, 5) is 6.72. The van der Waals surface area contributed by atoms with Gasteiger partial charge in [0.05, 0.1) is 17.6 Å². The average molecular weight is 305 g/mol. The summed E-state index contributed by atoms with van der Waals surface area (Å²) in [6.45, 7) is 1.92. The zero-order valence-electron chi connectivity index (χ0n) is 12.9. The van der Waals surface area contributed by atoms with Gasteiger partial charge in [0.1, 0.15) is 0 Å². The van der Waals surface area contributed by atoms with Gasteiger partial charge in [0.25, 0.3) is 0 Å². The fourth-order valence-electron chi connectivity index (χ4n) is 3.25. The summed E-state index contributed by atoms with van der Waals surface area (Å²) in [7, 11) is 0. The second-order valence-electron chi connectivity index (χ2n) is 5.90. The molecular weight excluding hydrogens is 286 g/mol. The zero-order valence-corrected chi connectivity index (χ0v) is 12.9. The van der Waals surface area contributed by atoms with E-state index in [4.69, 9.17) is 0 Å². The highest BCUT2D eigenvalue weighted by Gasteiger charge is 2.26. The molecule has 0 amide bonds. The molecule has 5 nitrogen and oxygen atoms in total. The van der Waals surface area contributed by atoms with Gasteiger partial charge in [-0.1, -0.05) is 29.5 Å². The van der Waals surface area contributed by atoms with Crippen molar-refractivity contribution in [2.75, 3.05) is 6.54 Å². The lowest BCUT2D eigenvalue weighted by Gasteiger charge is -2.23. The standard InChI is InChI=1S/C18H19N5/c1-2-7-17(8-3-1)23-14-16(20-21-23)13-22-11-5-9-18(22)15-6-4-10-19-12-15/h1-4,6-8,10,12,14,18H,5,9,11,13H2/t18-/m0/s1. The van der Waals surface area contributed by atoms with Crippen LogP contribution in [0, 0.1) is 0 Å². The zero-order chi connectivity index (χ0) is 15.5. The summed E-state index contributed by atoms with van der Waals surface area (Å²) in [5.41, 5.74) is 3.33. The van der Waals surface area contributed by atoms with Gasteiger partial charge in [-0.25, -0.2) is 4.68 Å². The lowest BCUT2D eigenvalue weighted by molar-refractivity contribution is 0.245. The van der Waals surface area contributed by atoms with Crippen molar-refractivity contribution in [1.82, 2.24) is 24.9 Å². The highest BCUT2D eigenvalue weighted by atomic mass is 15.4. The molecule has 1 aliphatic heterocycles. The highest BCUT2D eigenvalue weighted by Crippen LogP contribution is 2.32. The second kappa shape index (κ2) is 6.30. The van der Waals surface area contributed by atoms with Gasteiger partial charge in [0.15, 0.2) is 0 Å². The largest absolute Gasteiger partial charge is 0.290 e. The molecule has 1 aromatic carbocycles. The van der Waals surface area contributed by atoms with Crippen LogP contribution in [0.4, 0.5) is 0 Å². The van der Waals surface area contributed by atoms with Crippen LogP contribution in [0.2, 0.25) is 0 Å². The minimum absolute atomic E-state index is 0.436. The number of likely N-dealkylation sites (tertiary alicyclic amines) is 1. The average Bonchev–Trinajstić information content (AvgIpc) is 3.26. The van der Waals surface area contributed by atoms with Crippen LogP contribution in [0.1, 0.15) is 30.1 Å². The molecule has 0 radical (unpaired) electrons. The van der Waals surface area contributed by atoms with Gasteiger partial charge in [-0.3, -0.25) is 9.88 Å². The molecule has 3 heterocycles. The van der Waals surface area contributed by atoms with E-state index in [1.165, 1.54) is 18.4 Å². The minimum atomic E-state index is 0.436. The van der Waals surface area contributed by atoms with Crippen molar-refractivity contribution in [1.29, 1.82) is 0 Å². The van der Waals surface area contributed by atoms with Crippen molar-refractivity contribution in [3.05, 3.63) is 72.3 Å². The van der Waals surface area contributed by atoms with Crippen molar-refractivity contribution < 1.29 is 0 Å². The number of hydrogen-bond acceptors (Lipinski definition) is 4. The Kier molecular flexibility index (Phi) is 3.86. The molecule has 0 unspecified atom stereocenters. The Labute approximate surface area is 135 Å². The molecule has 0 N–H and O–H groups in total. The third-order valence-corrected chi connectivity index (χ3v) is 4.36. The molecule has 1 fully saturated rings. The Bertz CT molecular complexity index is 753. The molecule has 1 atom stereocenters. The fourth-order valence-corrected chi connectivity index (χ4v) is 3.25. The van der Waals surface area contributed by atoms with Crippen LogP contribution >= 0.6 is 0 Å². The summed E-state index contributed by atoms with van der Waals surface area (Å²) >= 11 is 0. The predicted molar refractivity (Wildman–Crippen MR) is 88.0 cm³/mol. The number of pyridine rings is 1. The first-order chi connectivity index (χ1) is 11.4. The van der Waals surface area contributed by atoms with Crippen LogP contribution in [0.25, 0.3) is 5.69 Å². The van der Waals surface area contributed by atoms with E-state index >= 15 is 0 Å². The predicted octanol–water partition coefficient (Wildman–Crippen LogP) is 3.00. The number of benzene rings is 1. The molecule has 1 aliphatic rings. The Morgan fingerprint density at radius 1 is 1.09 bits per heavy atom. The van der Waals surface area contributed by atoms with Crippen LogP contribution in [-0.4, -0.2) is 31.4 Å². The third kappa shape index (κ3) is 3.00. The van der Waals surface area contributed by atoms with Crippen LogP contribution in [0.15, 0.2) is 61.1 Å². The van der Waals surface area contributed by atoms with Gasteiger partial charge in [-0.05, 0) is 43.1 Å². The van der Waals surface area contributed by atoms with Gasteiger partial charge in [0.2, 0.25) is 0 Å². The summed E-state index contributed by atoms with van der Waals surface area (Å²) in [5, 5.41) is 8.59. The fraction of sp³-hybridized carbons (Fsp3) is 0.278. The van der Waals surface area contributed by atoms with Gasteiger partial charge in [-0.2, -0.15) is 0 Å². The Morgan fingerprint density at radius 2 is 2.00 bits per heavy atom. The molecule has 0 bridgehead atoms. The Balaban J connectivity index is 1.51. The maximum absolute atomic E-state index is 4.34. The molecule has 4 rings (SSSR count). The molecule has 3 aromatic rings. The quantitative estimate of drug-likeness (QED) is 0.743. The van der Waals surface area contributed by atoms with Gasteiger partial charge >= 0.3 is 0 Å². The van der Waals surface area contributed by atoms with Crippen molar-refractivity contribution in [3.8, 4) is 5.69 Å². The second-order valence-corrected chi connectivity index (χ2v) is 5.90. The number of rotatable bonds is 4. The number of aromatic nitrogens is 4. The van der Waals surface area contributed by atoms with Crippen LogP contribution in [-0.2, 0) is 6.54 Å². The number of para-hydroxylation sites is 1. The molecule has 5 heteroatoms. The van der Waals surface area contributed by atoms with E-state index in [2.05, 4.69) is 26.3 Å². The Morgan fingerprint density at radius 3 is 2.83 bits per heavy atom.